The van der Waals surface area contributed by atoms with E-state index in [-0.39, 0.29) is 0 Å². The average molecular weight is 276 g/mol. The van der Waals surface area contributed by atoms with Crippen LogP contribution in [0.15, 0.2) is 36.4 Å². The fourth-order valence-electron chi connectivity index (χ4n) is 3.12. The fourth-order valence-corrected chi connectivity index (χ4v) is 3.12. The lowest BCUT2D eigenvalue weighted by Crippen LogP contribution is -2.29. The molecule has 0 radical (unpaired) electrons. The van der Waals surface area contributed by atoms with Gasteiger partial charge in [-0.3, -0.25) is 0 Å². The number of aryl methyl sites for hydroxylation is 3. The first kappa shape index (κ1) is 13.7. The normalized spacial score (nSPS) is 13.7. The van der Waals surface area contributed by atoms with E-state index in [1.807, 2.05) is 12.1 Å². The summed E-state index contributed by atoms with van der Waals surface area (Å²) < 4.78 is 0. The molecule has 2 aromatic carbocycles. The van der Waals surface area contributed by atoms with Crippen molar-refractivity contribution in [3.63, 3.8) is 0 Å². The molecular weight excluding hydrogens is 256 g/mol. The second kappa shape index (κ2) is 5.61. The summed E-state index contributed by atoms with van der Waals surface area (Å²) >= 11 is 0. The highest BCUT2D eigenvalue weighted by atomic mass is 15.1. The Morgan fingerprint density at radius 1 is 1.14 bits per heavy atom. The highest BCUT2D eigenvalue weighted by molar-refractivity contribution is 5.57. The lowest BCUT2D eigenvalue weighted by Gasteiger charge is -2.32. The summed E-state index contributed by atoms with van der Waals surface area (Å²) in [4.78, 5) is 2.46. The zero-order valence-electron chi connectivity index (χ0n) is 12.7. The van der Waals surface area contributed by atoms with Crippen LogP contribution in [0.4, 0.5) is 5.69 Å². The highest BCUT2D eigenvalue weighted by Gasteiger charge is 2.17. The predicted molar refractivity (Wildman–Crippen MR) is 86.4 cm³/mol. The Balaban J connectivity index is 1.89. The van der Waals surface area contributed by atoms with Crippen LogP contribution in [0.3, 0.4) is 0 Å². The first-order valence-electron chi connectivity index (χ1n) is 7.51. The zero-order chi connectivity index (χ0) is 14.8. The van der Waals surface area contributed by atoms with Crippen LogP contribution in [0.25, 0.3) is 0 Å². The summed E-state index contributed by atoms with van der Waals surface area (Å²) in [6.45, 7) is 6.28. The molecule has 21 heavy (non-hydrogen) atoms. The maximum absolute atomic E-state index is 8.97. The minimum absolute atomic E-state index is 0.742. The second-order valence-corrected chi connectivity index (χ2v) is 5.91. The third kappa shape index (κ3) is 2.78. The van der Waals surface area contributed by atoms with Crippen LogP contribution in [-0.2, 0) is 13.0 Å². The lowest BCUT2D eigenvalue weighted by molar-refractivity contribution is 0.689. The Morgan fingerprint density at radius 2 is 2.00 bits per heavy atom. The molecule has 2 heteroatoms. The smallest absolute Gasteiger partial charge is 0.0991 e. The van der Waals surface area contributed by atoms with Gasteiger partial charge in [-0.2, -0.15) is 5.26 Å². The molecule has 2 aromatic rings. The summed E-state index contributed by atoms with van der Waals surface area (Å²) in [7, 11) is 0. The fraction of sp³-hybridized carbons (Fsp3) is 0.316. The molecule has 1 heterocycles. The molecule has 1 aliphatic rings. The van der Waals surface area contributed by atoms with Gasteiger partial charge < -0.3 is 4.90 Å². The van der Waals surface area contributed by atoms with Crippen molar-refractivity contribution < 1.29 is 0 Å². The molecular formula is C19H20N2. The molecule has 106 valence electrons. The van der Waals surface area contributed by atoms with Crippen molar-refractivity contribution in [2.45, 2.75) is 33.2 Å². The van der Waals surface area contributed by atoms with Crippen LogP contribution >= 0.6 is 0 Å². The molecule has 0 spiro atoms. The lowest BCUT2D eigenvalue weighted by atomic mass is 9.98. The van der Waals surface area contributed by atoms with E-state index in [1.165, 1.54) is 40.8 Å². The number of nitrogens with zero attached hydrogens (tertiary/aromatic N) is 2. The zero-order valence-corrected chi connectivity index (χ0v) is 12.7. The number of fused-ring (bicyclic) bond motifs is 1. The van der Waals surface area contributed by atoms with E-state index in [0.29, 0.717) is 0 Å². The number of hydrogen-bond donors (Lipinski definition) is 0. The number of benzene rings is 2. The number of hydrogen-bond acceptors (Lipinski definition) is 2. The van der Waals surface area contributed by atoms with Crippen LogP contribution in [-0.4, -0.2) is 6.54 Å². The molecule has 0 saturated carbocycles. The van der Waals surface area contributed by atoms with Crippen LogP contribution in [0.5, 0.6) is 0 Å². The maximum Gasteiger partial charge on any atom is 0.0991 e. The van der Waals surface area contributed by atoms with Gasteiger partial charge in [0.15, 0.2) is 0 Å². The Bertz CT molecular complexity index is 710. The highest BCUT2D eigenvalue weighted by Crippen LogP contribution is 2.29. The molecule has 0 saturated heterocycles. The summed E-state index contributed by atoms with van der Waals surface area (Å²) in [5, 5.41) is 8.97. The van der Waals surface area contributed by atoms with E-state index in [9.17, 15) is 0 Å². The van der Waals surface area contributed by atoms with E-state index in [1.54, 1.807) is 0 Å². The summed E-state index contributed by atoms with van der Waals surface area (Å²) in [5.41, 5.74) is 7.43. The van der Waals surface area contributed by atoms with Crippen molar-refractivity contribution in [2.24, 2.45) is 0 Å². The topological polar surface area (TPSA) is 27.0 Å². The number of rotatable bonds is 2. The quantitative estimate of drug-likeness (QED) is 0.824. The Kier molecular flexibility index (Phi) is 3.66. The number of anilines is 1. The van der Waals surface area contributed by atoms with Gasteiger partial charge in [0.05, 0.1) is 11.6 Å². The summed E-state index contributed by atoms with van der Waals surface area (Å²) in [6.07, 6.45) is 2.39. The van der Waals surface area contributed by atoms with Crippen LogP contribution in [0.2, 0.25) is 0 Å². The molecule has 0 amide bonds. The van der Waals surface area contributed by atoms with Crippen molar-refractivity contribution in [3.05, 3.63) is 64.2 Å². The van der Waals surface area contributed by atoms with Gasteiger partial charge in [0.2, 0.25) is 0 Å². The minimum atomic E-state index is 0.742. The second-order valence-electron chi connectivity index (χ2n) is 5.91. The van der Waals surface area contributed by atoms with E-state index in [2.05, 4.69) is 49.1 Å². The van der Waals surface area contributed by atoms with Gasteiger partial charge in [-0.1, -0.05) is 23.8 Å². The first-order valence-corrected chi connectivity index (χ1v) is 7.51. The van der Waals surface area contributed by atoms with Gasteiger partial charge in [-0.05, 0) is 61.6 Å². The van der Waals surface area contributed by atoms with Gasteiger partial charge in [0.1, 0.15) is 0 Å². The monoisotopic (exact) mass is 276 g/mol. The van der Waals surface area contributed by atoms with E-state index < -0.39 is 0 Å². The van der Waals surface area contributed by atoms with Crippen molar-refractivity contribution in [1.29, 1.82) is 5.26 Å². The molecule has 0 fully saturated rings. The van der Waals surface area contributed by atoms with Crippen molar-refractivity contribution in [1.82, 2.24) is 0 Å². The summed E-state index contributed by atoms with van der Waals surface area (Å²) in [6, 6.07) is 15.0. The Labute approximate surface area is 126 Å². The molecule has 1 aliphatic heterocycles. The number of nitriles is 1. The third-order valence-corrected chi connectivity index (χ3v) is 4.28. The standard InChI is InChI=1S/C19H20N2/c1-14-5-8-19-17(10-14)4-3-9-21(19)13-18-7-6-16(12-20)11-15(18)2/h5-8,10-11H,3-4,9,13H2,1-2H3. The third-order valence-electron chi connectivity index (χ3n) is 4.28. The molecule has 0 atom stereocenters. The van der Waals surface area contributed by atoms with Crippen LogP contribution < -0.4 is 4.90 Å². The van der Waals surface area contributed by atoms with E-state index >= 15 is 0 Å². The predicted octanol–water partition coefficient (Wildman–Crippen LogP) is 4.13. The molecule has 3 rings (SSSR count). The molecule has 0 bridgehead atoms. The van der Waals surface area contributed by atoms with Gasteiger partial charge in [-0.15, -0.1) is 0 Å². The molecule has 0 N–H and O–H groups in total. The van der Waals surface area contributed by atoms with Gasteiger partial charge in [0, 0.05) is 18.8 Å². The summed E-state index contributed by atoms with van der Waals surface area (Å²) in [5.74, 6) is 0. The SMILES string of the molecule is Cc1ccc2c(c1)CCCN2Cc1ccc(C#N)cc1C. The Morgan fingerprint density at radius 3 is 2.76 bits per heavy atom. The Hall–Kier alpha value is -2.27. The van der Waals surface area contributed by atoms with Gasteiger partial charge in [0.25, 0.3) is 0 Å². The molecule has 0 unspecified atom stereocenters. The van der Waals surface area contributed by atoms with Gasteiger partial charge >= 0.3 is 0 Å². The van der Waals surface area contributed by atoms with Crippen molar-refractivity contribution in [3.8, 4) is 6.07 Å². The van der Waals surface area contributed by atoms with E-state index in [0.717, 1.165) is 18.7 Å². The molecule has 0 aromatic heterocycles. The van der Waals surface area contributed by atoms with Crippen LogP contribution in [0.1, 0.15) is 34.2 Å². The average Bonchev–Trinajstić information content (AvgIpc) is 2.49. The van der Waals surface area contributed by atoms with Gasteiger partial charge in [-0.25, -0.2) is 0 Å². The molecule has 0 aliphatic carbocycles. The first-order chi connectivity index (χ1) is 10.2. The van der Waals surface area contributed by atoms with Crippen molar-refractivity contribution in [2.75, 3.05) is 11.4 Å². The van der Waals surface area contributed by atoms with Crippen LogP contribution in [0, 0.1) is 25.2 Å². The van der Waals surface area contributed by atoms with Crippen molar-refractivity contribution >= 4 is 5.69 Å². The maximum atomic E-state index is 8.97. The minimum Gasteiger partial charge on any atom is -0.367 e. The van der Waals surface area contributed by atoms with E-state index in [4.69, 9.17) is 5.26 Å². The molecule has 2 nitrogen and oxygen atoms in total. The largest absolute Gasteiger partial charge is 0.367 e.